The van der Waals surface area contributed by atoms with Crippen LogP contribution in [0.5, 0.6) is 0 Å². The Labute approximate surface area is 110 Å². The van der Waals surface area contributed by atoms with Crippen molar-refractivity contribution in [1.29, 1.82) is 5.26 Å². The number of carbonyl (C=O) groups is 1. The van der Waals surface area contributed by atoms with Crippen LogP contribution in [-0.4, -0.2) is 10.9 Å². The molecule has 0 atom stereocenters. The first-order valence-corrected chi connectivity index (χ1v) is 5.64. The zero-order valence-electron chi connectivity index (χ0n) is 10.3. The molecule has 2 aromatic rings. The van der Waals surface area contributed by atoms with Crippen molar-refractivity contribution in [3.8, 4) is 6.07 Å². The predicted octanol–water partition coefficient (Wildman–Crippen LogP) is 2.10. The van der Waals surface area contributed by atoms with Gasteiger partial charge in [-0.2, -0.15) is 5.26 Å². The van der Waals surface area contributed by atoms with E-state index >= 15 is 0 Å². The van der Waals surface area contributed by atoms with Gasteiger partial charge in [-0.15, -0.1) is 0 Å². The summed E-state index contributed by atoms with van der Waals surface area (Å²) in [6.07, 6.45) is 1.46. The quantitative estimate of drug-likeness (QED) is 0.875. The summed E-state index contributed by atoms with van der Waals surface area (Å²) in [5.74, 6) is -0.392. The average molecular weight is 252 g/mol. The number of pyridine rings is 1. The van der Waals surface area contributed by atoms with Crippen molar-refractivity contribution in [3.63, 3.8) is 0 Å². The fraction of sp³-hybridized carbons (Fsp3) is 0.0714. The van der Waals surface area contributed by atoms with Gasteiger partial charge in [0.15, 0.2) is 0 Å². The summed E-state index contributed by atoms with van der Waals surface area (Å²) < 4.78 is 0. The van der Waals surface area contributed by atoms with Gasteiger partial charge in [-0.1, -0.05) is 12.1 Å². The van der Waals surface area contributed by atoms with E-state index < -0.39 is 5.91 Å². The van der Waals surface area contributed by atoms with Gasteiger partial charge in [0, 0.05) is 11.9 Å². The van der Waals surface area contributed by atoms with E-state index in [-0.39, 0.29) is 16.9 Å². The molecule has 0 aliphatic rings. The third-order valence-corrected chi connectivity index (χ3v) is 2.60. The van der Waals surface area contributed by atoms with Gasteiger partial charge in [-0.05, 0) is 30.7 Å². The average Bonchev–Trinajstić information content (AvgIpc) is 2.38. The molecule has 19 heavy (non-hydrogen) atoms. The number of primary amides is 1. The molecular weight excluding hydrogens is 240 g/mol. The van der Waals surface area contributed by atoms with Crippen LogP contribution in [0.25, 0.3) is 0 Å². The van der Waals surface area contributed by atoms with E-state index in [1.807, 2.05) is 37.3 Å². The zero-order chi connectivity index (χ0) is 13.8. The SMILES string of the molecule is Cc1cccc(Nc2nccc(C#N)c2C(N)=O)c1. The van der Waals surface area contributed by atoms with E-state index in [0.29, 0.717) is 0 Å². The molecule has 0 saturated carbocycles. The molecule has 2 rings (SSSR count). The van der Waals surface area contributed by atoms with Crippen LogP contribution in [0, 0.1) is 18.3 Å². The maximum atomic E-state index is 11.4. The molecule has 0 fully saturated rings. The number of nitrogens with one attached hydrogen (secondary N) is 1. The topological polar surface area (TPSA) is 91.8 Å². The van der Waals surface area contributed by atoms with Crippen LogP contribution in [0.4, 0.5) is 11.5 Å². The molecule has 1 aromatic heterocycles. The van der Waals surface area contributed by atoms with Crippen molar-refractivity contribution in [2.45, 2.75) is 6.92 Å². The van der Waals surface area contributed by atoms with Crippen LogP contribution < -0.4 is 11.1 Å². The van der Waals surface area contributed by atoms with E-state index in [9.17, 15) is 4.79 Å². The largest absolute Gasteiger partial charge is 0.365 e. The lowest BCUT2D eigenvalue weighted by Crippen LogP contribution is -2.16. The number of rotatable bonds is 3. The van der Waals surface area contributed by atoms with Gasteiger partial charge in [-0.25, -0.2) is 4.98 Å². The van der Waals surface area contributed by atoms with Crippen molar-refractivity contribution < 1.29 is 4.79 Å². The summed E-state index contributed by atoms with van der Waals surface area (Å²) in [5, 5.41) is 12.0. The fourth-order valence-electron chi connectivity index (χ4n) is 1.76. The van der Waals surface area contributed by atoms with Crippen molar-refractivity contribution in [3.05, 3.63) is 53.2 Å². The normalized spacial score (nSPS) is 9.68. The van der Waals surface area contributed by atoms with Gasteiger partial charge in [-0.3, -0.25) is 4.79 Å². The molecule has 1 aromatic carbocycles. The lowest BCUT2D eigenvalue weighted by Gasteiger charge is -2.10. The van der Waals surface area contributed by atoms with Crippen LogP contribution in [0.3, 0.4) is 0 Å². The molecule has 3 N–H and O–H groups in total. The van der Waals surface area contributed by atoms with E-state index in [0.717, 1.165) is 11.3 Å². The number of amides is 1. The Morgan fingerprint density at radius 3 is 2.84 bits per heavy atom. The molecule has 94 valence electrons. The number of nitriles is 1. The molecule has 0 radical (unpaired) electrons. The molecule has 0 unspecified atom stereocenters. The highest BCUT2D eigenvalue weighted by Crippen LogP contribution is 2.21. The number of hydrogen-bond donors (Lipinski definition) is 2. The Hall–Kier alpha value is -2.87. The molecule has 1 heterocycles. The second-order valence-electron chi connectivity index (χ2n) is 4.05. The van der Waals surface area contributed by atoms with Gasteiger partial charge in [0.25, 0.3) is 5.91 Å². The minimum absolute atomic E-state index is 0.103. The standard InChI is InChI=1S/C14H12N4O/c1-9-3-2-4-11(7-9)18-14-12(13(16)19)10(8-15)5-6-17-14/h2-7H,1H3,(H2,16,19)(H,17,18). The van der Waals surface area contributed by atoms with Crippen LogP contribution in [0.15, 0.2) is 36.5 Å². The Morgan fingerprint density at radius 1 is 1.42 bits per heavy atom. The molecule has 5 nitrogen and oxygen atoms in total. The highest BCUT2D eigenvalue weighted by Gasteiger charge is 2.15. The van der Waals surface area contributed by atoms with Crippen LogP contribution >= 0.6 is 0 Å². The molecular formula is C14H12N4O. The monoisotopic (exact) mass is 252 g/mol. The van der Waals surface area contributed by atoms with Crippen LogP contribution in [-0.2, 0) is 0 Å². The Bertz CT molecular complexity index is 673. The third kappa shape index (κ3) is 2.69. The summed E-state index contributed by atoms with van der Waals surface area (Å²) in [6, 6.07) is 11.0. The lowest BCUT2D eigenvalue weighted by atomic mass is 10.1. The minimum atomic E-state index is -0.681. The summed E-state index contributed by atoms with van der Waals surface area (Å²) >= 11 is 0. The predicted molar refractivity (Wildman–Crippen MR) is 71.9 cm³/mol. The highest BCUT2D eigenvalue weighted by molar-refractivity contribution is 6.00. The number of benzene rings is 1. The van der Waals surface area contributed by atoms with Crippen molar-refractivity contribution in [2.24, 2.45) is 5.73 Å². The fourth-order valence-corrected chi connectivity index (χ4v) is 1.76. The van der Waals surface area contributed by atoms with Gasteiger partial charge in [0.1, 0.15) is 11.9 Å². The van der Waals surface area contributed by atoms with E-state index in [1.165, 1.54) is 12.3 Å². The second-order valence-corrected chi connectivity index (χ2v) is 4.05. The number of aromatic nitrogens is 1. The van der Waals surface area contributed by atoms with Crippen LogP contribution in [0.1, 0.15) is 21.5 Å². The first-order chi connectivity index (χ1) is 9.11. The molecule has 0 spiro atoms. The highest BCUT2D eigenvalue weighted by atomic mass is 16.1. The van der Waals surface area contributed by atoms with Crippen molar-refractivity contribution in [2.75, 3.05) is 5.32 Å². The van der Waals surface area contributed by atoms with Crippen molar-refractivity contribution >= 4 is 17.4 Å². The lowest BCUT2D eigenvalue weighted by molar-refractivity contribution is 0.100. The Morgan fingerprint density at radius 2 is 2.21 bits per heavy atom. The third-order valence-electron chi connectivity index (χ3n) is 2.60. The molecule has 1 amide bonds. The van der Waals surface area contributed by atoms with E-state index in [1.54, 1.807) is 0 Å². The smallest absolute Gasteiger partial charge is 0.253 e. The molecule has 0 bridgehead atoms. The maximum absolute atomic E-state index is 11.4. The maximum Gasteiger partial charge on any atom is 0.253 e. The van der Waals surface area contributed by atoms with E-state index in [4.69, 9.17) is 11.0 Å². The van der Waals surface area contributed by atoms with Gasteiger partial charge in [0.2, 0.25) is 0 Å². The van der Waals surface area contributed by atoms with Gasteiger partial charge >= 0.3 is 0 Å². The van der Waals surface area contributed by atoms with Crippen LogP contribution in [0.2, 0.25) is 0 Å². The molecule has 0 saturated heterocycles. The number of nitrogens with zero attached hydrogens (tertiary/aromatic N) is 2. The van der Waals surface area contributed by atoms with Gasteiger partial charge in [0.05, 0.1) is 11.1 Å². The summed E-state index contributed by atoms with van der Waals surface area (Å²) in [6.45, 7) is 1.96. The van der Waals surface area contributed by atoms with E-state index in [2.05, 4.69) is 10.3 Å². The zero-order valence-corrected chi connectivity index (χ0v) is 10.3. The molecule has 0 aliphatic carbocycles. The molecule has 5 heteroatoms. The second kappa shape index (κ2) is 5.19. The molecule has 0 aliphatic heterocycles. The number of anilines is 2. The van der Waals surface area contributed by atoms with Gasteiger partial charge < -0.3 is 11.1 Å². The van der Waals surface area contributed by atoms with Crippen molar-refractivity contribution in [1.82, 2.24) is 4.98 Å². The summed E-state index contributed by atoms with van der Waals surface area (Å²) in [5.41, 5.74) is 7.47. The number of hydrogen-bond acceptors (Lipinski definition) is 4. The Balaban J connectivity index is 2.46. The minimum Gasteiger partial charge on any atom is -0.365 e. The number of nitrogens with two attached hydrogens (primary N) is 1. The first kappa shape index (κ1) is 12.6. The number of carbonyl (C=O) groups excluding carboxylic acids is 1. The first-order valence-electron chi connectivity index (χ1n) is 5.64. The summed E-state index contributed by atoms with van der Waals surface area (Å²) in [4.78, 5) is 15.5. The summed E-state index contributed by atoms with van der Waals surface area (Å²) in [7, 11) is 0. The Kier molecular flexibility index (Phi) is 3.44. The number of aryl methyl sites for hydroxylation is 1.